The van der Waals surface area contributed by atoms with Crippen LogP contribution in [-0.2, 0) is 6.54 Å². The van der Waals surface area contributed by atoms with E-state index in [9.17, 15) is 5.11 Å². The zero-order valence-corrected chi connectivity index (χ0v) is 12.9. The average molecular weight is 306 g/mol. The summed E-state index contributed by atoms with van der Waals surface area (Å²) in [7, 11) is 0. The van der Waals surface area contributed by atoms with Crippen LogP contribution < -0.4 is 5.32 Å². The predicted octanol–water partition coefficient (Wildman–Crippen LogP) is 2.64. The monoisotopic (exact) mass is 305 g/mol. The number of aromatic nitrogens is 2. The van der Waals surface area contributed by atoms with Crippen molar-refractivity contribution >= 4 is 22.5 Å². The normalized spacial score (nSPS) is 32.0. The van der Waals surface area contributed by atoms with Gasteiger partial charge in [-0.3, -0.25) is 0 Å². The molecule has 112 valence electrons. The van der Waals surface area contributed by atoms with E-state index in [4.69, 9.17) is 11.6 Å². The maximum absolute atomic E-state index is 11.1. The molecule has 0 radical (unpaired) electrons. The standard InChI is InChI=1S/C16H20ClN3O/c1-10-6-11-4-5-18-15(17)14(11)20(10)9-16(21)7-12-2-3-13(8-16)19-12/h4-6,12-13,19,21H,2-3,7-9H2,1H3. The number of piperidine rings is 1. The fraction of sp³-hybridized carbons (Fsp3) is 0.562. The lowest BCUT2D eigenvalue weighted by atomic mass is 9.87. The molecule has 2 N–H and O–H groups in total. The molecule has 2 saturated heterocycles. The van der Waals surface area contributed by atoms with E-state index in [2.05, 4.69) is 27.9 Å². The number of fused-ring (bicyclic) bond motifs is 3. The van der Waals surface area contributed by atoms with Crippen molar-refractivity contribution in [2.75, 3.05) is 0 Å². The first-order valence-corrected chi connectivity index (χ1v) is 8.01. The molecule has 4 nitrogen and oxygen atoms in total. The minimum atomic E-state index is -0.646. The third kappa shape index (κ3) is 2.26. The second-order valence-corrected chi connectivity index (χ2v) is 7.04. The first kappa shape index (κ1) is 13.6. The Bertz CT molecular complexity index is 684. The third-order valence-electron chi connectivity index (χ3n) is 5.01. The summed E-state index contributed by atoms with van der Waals surface area (Å²) < 4.78 is 2.13. The van der Waals surface area contributed by atoms with Crippen LogP contribution in [0, 0.1) is 6.92 Å². The Balaban J connectivity index is 1.72. The first-order valence-electron chi connectivity index (χ1n) is 7.63. The van der Waals surface area contributed by atoms with Crippen molar-refractivity contribution < 1.29 is 5.11 Å². The lowest BCUT2D eigenvalue weighted by Crippen LogP contribution is -2.50. The summed E-state index contributed by atoms with van der Waals surface area (Å²) in [6.45, 7) is 2.66. The molecule has 0 amide bonds. The smallest absolute Gasteiger partial charge is 0.153 e. The maximum Gasteiger partial charge on any atom is 0.153 e. The number of aryl methyl sites for hydroxylation is 1. The minimum absolute atomic E-state index is 0.462. The van der Waals surface area contributed by atoms with Crippen LogP contribution in [0.3, 0.4) is 0 Å². The van der Waals surface area contributed by atoms with Crippen molar-refractivity contribution in [1.29, 1.82) is 0 Å². The molecular weight excluding hydrogens is 286 g/mol. The number of aliphatic hydroxyl groups is 1. The van der Waals surface area contributed by atoms with E-state index in [1.807, 2.05) is 6.07 Å². The van der Waals surface area contributed by atoms with Gasteiger partial charge in [-0.25, -0.2) is 4.98 Å². The molecule has 5 heteroatoms. The SMILES string of the molecule is Cc1cc2ccnc(Cl)c2n1CC1(O)CC2CCC(C1)N2. The number of nitrogens with zero attached hydrogens (tertiary/aromatic N) is 2. The summed E-state index contributed by atoms with van der Waals surface area (Å²) in [6.07, 6.45) is 5.73. The zero-order valence-electron chi connectivity index (χ0n) is 12.1. The van der Waals surface area contributed by atoms with Gasteiger partial charge in [0, 0.05) is 29.4 Å². The summed E-state index contributed by atoms with van der Waals surface area (Å²) in [4.78, 5) is 4.19. The van der Waals surface area contributed by atoms with Crippen molar-refractivity contribution in [3.05, 3.63) is 29.2 Å². The molecule has 2 aliphatic heterocycles. The highest BCUT2D eigenvalue weighted by molar-refractivity contribution is 6.33. The number of halogens is 1. The molecule has 2 unspecified atom stereocenters. The first-order chi connectivity index (χ1) is 10.0. The number of nitrogens with one attached hydrogen (secondary N) is 1. The van der Waals surface area contributed by atoms with Crippen LogP contribution in [0.1, 0.15) is 31.4 Å². The van der Waals surface area contributed by atoms with Gasteiger partial charge < -0.3 is 15.0 Å². The predicted molar refractivity (Wildman–Crippen MR) is 83.6 cm³/mol. The van der Waals surface area contributed by atoms with Gasteiger partial charge in [0.1, 0.15) is 0 Å². The topological polar surface area (TPSA) is 50.1 Å². The zero-order chi connectivity index (χ0) is 14.6. The minimum Gasteiger partial charge on any atom is -0.388 e. The molecule has 2 bridgehead atoms. The average Bonchev–Trinajstić information content (AvgIpc) is 2.91. The Morgan fingerprint density at radius 2 is 2.14 bits per heavy atom. The molecule has 4 heterocycles. The van der Waals surface area contributed by atoms with Crippen LogP contribution in [0.2, 0.25) is 5.15 Å². The number of hydrogen-bond acceptors (Lipinski definition) is 3. The van der Waals surface area contributed by atoms with Crippen LogP contribution in [-0.4, -0.2) is 32.3 Å². The highest BCUT2D eigenvalue weighted by Gasteiger charge is 2.42. The maximum atomic E-state index is 11.1. The van der Waals surface area contributed by atoms with Crippen LogP contribution in [0.5, 0.6) is 0 Å². The Hall–Kier alpha value is -1.10. The van der Waals surface area contributed by atoms with Gasteiger partial charge in [0.2, 0.25) is 0 Å². The number of hydrogen-bond donors (Lipinski definition) is 2. The summed E-state index contributed by atoms with van der Waals surface area (Å²) in [5, 5.41) is 16.3. The van der Waals surface area contributed by atoms with Crippen molar-refractivity contribution in [1.82, 2.24) is 14.9 Å². The van der Waals surface area contributed by atoms with E-state index < -0.39 is 5.60 Å². The van der Waals surface area contributed by atoms with Crippen LogP contribution >= 0.6 is 11.6 Å². The lowest BCUT2D eigenvalue weighted by molar-refractivity contribution is -0.0206. The molecule has 2 aromatic rings. The van der Waals surface area contributed by atoms with E-state index in [0.717, 1.165) is 29.4 Å². The molecule has 0 saturated carbocycles. The van der Waals surface area contributed by atoms with E-state index >= 15 is 0 Å². The van der Waals surface area contributed by atoms with Gasteiger partial charge in [-0.15, -0.1) is 0 Å². The molecule has 4 rings (SSSR count). The van der Waals surface area contributed by atoms with Gasteiger partial charge in [-0.2, -0.15) is 0 Å². The Morgan fingerprint density at radius 3 is 2.86 bits per heavy atom. The molecule has 2 aromatic heterocycles. The largest absolute Gasteiger partial charge is 0.388 e. The van der Waals surface area contributed by atoms with E-state index in [1.54, 1.807) is 6.20 Å². The summed E-state index contributed by atoms with van der Waals surface area (Å²) >= 11 is 6.28. The summed E-state index contributed by atoms with van der Waals surface area (Å²) in [5.41, 5.74) is 1.42. The van der Waals surface area contributed by atoms with Gasteiger partial charge in [-0.1, -0.05) is 11.6 Å². The van der Waals surface area contributed by atoms with Gasteiger partial charge in [0.05, 0.1) is 17.7 Å². The Kier molecular flexibility index (Phi) is 3.03. The third-order valence-corrected chi connectivity index (χ3v) is 5.29. The van der Waals surface area contributed by atoms with Crippen LogP contribution in [0.4, 0.5) is 0 Å². The molecule has 2 aliphatic rings. The van der Waals surface area contributed by atoms with Gasteiger partial charge in [0.15, 0.2) is 5.15 Å². The van der Waals surface area contributed by atoms with Gasteiger partial charge in [0.25, 0.3) is 0 Å². The fourth-order valence-electron chi connectivity index (χ4n) is 4.16. The van der Waals surface area contributed by atoms with Gasteiger partial charge >= 0.3 is 0 Å². The number of rotatable bonds is 2. The highest BCUT2D eigenvalue weighted by Crippen LogP contribution is 2.36. The van der Waals surface area contributed by atoms with Crippen LogP contribution in [0.15, 0.2) is 18.3 Å². The second-order valence-electron chi connectivity index (χ2n) is 6.68. The van der Waals surface area contributed by atoms with Crippen molar-refractivity contribution in [3.63, 3.8) is 0 Å². The number of pyridine rings is 1. The quantitative estimate of drug-likeness (QED) is 0.839. The highest BCUT2D eigenvalue weighted by atomic mass is 35.5. The molecule has 2 fully saturated rings. The van der Waals surface area contributed by atoms with Gasteiger partial charge in [-0.05, 0) is 44.7 Å². The Labute approximate surface area is 129 Å². The van der Waals surface area contributed by atoms with Crippen molar-refractivity contribution in [3.8, 4) is 0 Å². The van der Waals surface area contributed by atoms with Crippen LogP contribution in [0.25, 0.3) is 10.9 Å². The molecular formula is C16H20ClN3O. The molecule has 21 heavy (non-hydrogen) atoms. The van der Waals surface area contributed by atoms with E-state index in [1.165, 1.54) is 12.8 Å². The molecule has 0 aliphatic carbocycles. The van der Waals surface area contributed by atoms with Crippen molar-refractivity contribution in [2.45, 2.75) is 56.8 Å². The Morgan fingerprint density at radius 1 is 1.43 bits per heavy atom. The summed E-state index contributed by atoms with van der Waals surface area (Å²) in [5.74, 6) is 0. The lowest BCUT2D eigenvalue weighted by Gasteiger charge is -2.37. The van der Waals surface area contributed by atoms with Crippen molar-refractivity contribution in [2.24, 2.45) is 0 Å². The van der Waals surface area contributed by atoms with E-state index in [-0.39, 0.29) is 0 Å². The molecule has 0 spiro atoms. The molecule has 0 aromatic carbocycles. The fourth-order valence-corrected chi connectivity index (χ4v) is 4.42. The second kappa shape index (κ2) is 4.70. The molecule has 2 atom stereocenters. The van der Waals surface area contributed by atoms with E-state index in [0.29, 0.717) is 23.8 Å². The summed E-state index contributed by atoms with van der Waals surface area (Å²) in [6, 6.07) is 5.01.